The van der Waals surface area contributed by atoms with Crippen molar-refractivity contribution in [1.82, 2.24) is 10.3 Å². The van der Waals surface area contributed by atoms with Crippen molar-refractivity contribution in [2.24, 2.45) is 5.92 Å². The van der Waals surface area contributed by atoms with E-state index < -0.39 is 0 Å². The molecule has 0 saturated heterocycles. The molecule has 1 aromatic heterocycles. The summed E-state index contributed by atoms with van der Waals surface area (Å²) in [5.41, 5.74) is 2.28. The number of nitrogens with one attached hydrogen (secondary N) is 2. The molecule has 4 nitrogen and oxygen atoms in total. The highest BCUT2D eigenvalue weighted by Gasteiger charge is 2.07. The van der Waals surface area contributed by atoms with Gasteiger partial charge in [-0.15, -0.1) is 0 Å². The van der Waals surface area contributed by atoms with E-state index in [2.05, 4.69) is 16.4 Å². The lowest BCUT2D eigenvalue weighted by Crippen LogP contribution is -2.26. The summed E-state index contributed by atoms with van der Waals surface area (Å²) >= 11 is 0. The number of fused-ring (bicyclic) bond motifs is 1. The molecule has 0 aliphatic heterocycles. The Bertz CT molecular complexity index is 587. The first-order valence-corrected chi connectivity index (χ1v) is 7.01. The minimum atomic E-state index is 0.126. The van der Waals surface area contributed by atoms with Gasteiger partial charge in [0, 0.05) is 36.1 Å². The molecule has 1 aromatic carbocycles. The van der Waals surface area contributed by atoms with Gasteiger partial charge in [-0.05, 0) is 30.0 Å². The van der Waals surface area contributed by atoms with Gasteiger partial charge in [-0.3, -0.25) is 4.79 Å². The maximum absolute atomic E-state index is 11.6. The molecule has 0 radical (unpaired) electrons. The lowest BCUT2D eigenvalue weighted by Gasteiger charge is -2.06. The summed E-state index contributed by atoms with van der Waals surface area (Å²) in [4.78, 5) is 14.8. The highest BCUT2D eigenvalue weighted by molar-refractivity contribution is 5.84. The fraction of sp³-hybridized carbons (Fsp3) is 0.438. The fourth-order valence-electron chi connectivity index (χ4n) is 2.28. The molecule has 0 unspecified atom stereocenters. The van der Waals surface area contributed by atoms with E-state index in [1.54, 1.807) is 7.11 Å². The van der Waals surface area contributed by atoms with E-state index in [1.165, 1.54) is 10.9 Å². The normalized spacial score (nSPS) is 11.0. The van der Waals surface area contributed by atoms with Crippen molar-refractivity contribution in [2.75, 3.05) is 13.7 Å². The van der Waals surface area contributed by atoms with Crippen LogP contribution >= 0.6 is 0 Å². The molecule has 0 fully saturated rings. The summed E-state index contributed by atoms with van der Waals surface area (Å²) in [6, 6.07) is 5.99. The van der Waals surface area contributed by atoms with Gasteiger partial charge in [0.1, 0.15) is 5.75 Å². The Hall–Kier alpha value is -1.97. The SMILES string of the molecule is COc1ccc2c(CCNC(=O)CC(C)C)c[nH]c2c1. The van der Waals surface area contributed by atoms with Gasteiger partial charge in [0.2, 0.25) is 5.91 Å². The zero-order valence-electron chi connectivity index (χ0n) is 12.3. The van der Waals surface area contributed by atoms with Gasteiger partial charge in [-0.1, -0.05) is 13.8 Å². The van der Waals surface area contributed by atoms with E-state index in [0.29, 0.717) is 18.9 Å². The number of amides is 1. The van der Waals surface area contributed by atoms with Gasteiger partial charge in [0.25, 0.3) is 0 Å². The molecule has 108 valence electrons. The van der Waals surface area contributed by atoms with Crippen molar-refractivity contribution in [1.29, 1.82) is 0 Å². The van der Waals surface area contributed by atoms with E-state index >= 15 is 0 Å². The number of benzene rings is 1. The fourth-order valence-corrected chi connectivity index (χ4v) is 2.28. The first kappa shape index (κ1) is 14.4. The van der Waals surface area contributed by atoms with Gasteiger partial charge in [-0.2, -0.15) is 0 Å². The number of hydrogen-bond acceptors (Lipinski definition) is 2. The molecule has 2 aromatic rings. The average molecular weight is 274 g/mol. The Balaban J connectivity index is 1.95. The molecule has 0 bridgehead atoms. The summed E-state index contributed by atoms with van der Waals surface area (Å²) < 4.78 is 5.20. The number of methoxy groups -OCH3 is 1. The summed E-state index contributed by atoms with van der Waals surface area (Å²) in [5, 5.41) is 4.15. The maximum Gasteiger partial charge on any atom is 0.220 e. The number of carbonyl (C=O) groups excluding carboxylic acids is 1. The van der Waals surface area contributed by atoms with E-state index in [0.717, 1.165) is 17.7 Å². The molecule has 2 N–H and O–H groups in total. The Morgan fingerprint density at radius 2 is 2.20 bits per heavy atom. The molecule has 4 heteroatoms. The Morgan fingerprint density at radius 1 is 1.40 bits per heavy atom. The van der Waals surface area contributed by atoms with Crippen LogP contribution in [0, 0.1) is 5.92 Å². The Kier molecular flexibility index (Phi) is 4.66. The van der Waals surface area contributed by atoms with Crippen LogP contribution in [0.2, 0.25) is 0 Å². The van der Waals surface area contributed by atoms with Crippen LogP contribution in [-0.2, 0) is 11.2 Å². The molecular weight excluding hydrogens is 252 g/mol. The Morgan fingerprint density at radius 3 is 2.90 bits per heavy atom. The third-order valence-electron chi connectivity index (χ3n) is 3.28. The summed E-state index contributed by atoms with van der Waals surface area (Å²) in [5.74, 6) is 1.37. The van der Waals surface area contributed by atoms with Crippen molar-refractivity contribution in [3.05, 3.63) is 30.0 Å². The van der Waals surface area contributed by atoms with Crippen molar-refractivity contribution < 1.29 is 9.53 Å². The second-order valence-corrected chi connectivity index (χ2v) is 5.42. The lowest BCUT2D eigenvalue weighted by atomic mass is 10.1. The highest BCUT2D eigenvalue weighted by atomic mass is 16.5. The molecule has 0 spiro atoms. The van der Waals surface area contributed by atoms with E-state index in [4.69, 9.17) is 4.74 Å². The minimum absolute atomic E-state index is 0.126. The van der Waals surface area contributed by atoms with Crippen molar-refractivity contribution >= 4 is 16.8 Å². The third-order valence-corrected chi connectivity index (χ3v) is 3.28. The first-order chi connectivity index (χ1) is 9.60. The lowest BCUT2D eigenvalue weighted by molar-refractivity contribution is -0.121. The van der Waals surface area contributed by atoms with E-state index in [-0.39, 0.29) is 5.91 Å². The van der Waals surface area contributed by atoms with Crippen LogP contribution in [-0.4, -0.2) is 24.5 Å². The number of aromatic nitrogens is 1. The van der Waals surface area contributed by atoms with Gasteiger partial charge in [0.15, 0.2) is 0 Å². The molecule has 1 heterocycles. The van der Waals surface area contributed by atoms with Crippen LogP contribution in [0.5, 0.6) is 5.75 Å². The summed E-state index contributed by atoms with van der Waals surface area (Å²) in [7, 11) is 1.66. The van der Waals surface area contributed by atoms with Crippen LogP contribution in [0.15, 0.2) is 24.4 Å². The number of ether oxygens (including phenoxy) is 1. The first-order valence-electron chi connectivity index (χ1n) is 7.01. The molecule has 1 amide bonds. The predicted molar refractivity (Wildman–Crippen MR) is 81.0 cm³/mol. The molecule has 2 rings (SSSR count). The number of aromatic amines is 1. The molecule has 0 saturated carbocycles. The van der Waals surface area contributed by atoms with Crippen molar-refractivity contribution in [3.8, 4) is 5.75 Å². The van der Waals surface area contributed by atoms with Gasteiger partial charge in [0.05, 0.1) is 7.11 Å². The number of hydrogen-bond donors (Lipinski definition) is 2. The van der Waals surface area contributed by atoms with Crippen LogP contribution < -0.4 is 10.1 Å². The van der Waals surface area contributed by atoms with E-state index in [9.17, 15) is 4.79 Å². The zero-order chi connectivity index (χ0) is 14.5. The molecular formula is C16H22N2O2. The molecule has 0 atom stereocenters. The van der Waals surface area contributed by atoms with Crippen LogP contribution in [0.4, 0.5) is 0 Å². The smallest absolute Gasteiger partial charge is 0.220 e. The van der Waals surface area contributed by atoms with Gasteiger partial charge >= 0.3 is 0 Å². The largest absolute Gasteiger partial charge is 0.497 e. The number of rotatable bonds is 6. The summed E-state index contributed by atoms with van der Waals surface area (Å²) in [6.45, 7) is 4.77. The molecule has 0 aliphatic rings. The standard InChI is InChI=1S/C16H22N2O2/c1-11(2)8-16(19)17-7-6-12-10-18-15-9-13(20-3)4-5-14(12)15/h4-5,9-11,18H,6-8H2,1-3H3,(H,17,19). The summed E-state index contributed by atoms with van der Waals surface area (Å²) in [6.07, 6.45) is 3.42. The quantitative estimate of drug-likeness (QED) is 0.851. The minimum Gasteiger partial charge on any atom is -0.497 e. The second-order valence-electron chi connectivity index (χ2n) is 5.42. The predicted octanol–water partition coefficient (Wildman–Crippen LogP) is 2.88. The maximum atomic E-state index is 11.6. The topological polar surface area (TPSA) is 54.1 Å². The monoisotopic (exact) mass is 274 g/mol. The number of H-pyrrole nitrogens is 1. The average Bonchev–Trinajstić information content (AvgIpc) is 2.80. The van der Waals surface area contributed by atoms with Crippen molar-refractivity contribution in [2.45, 2.75) is 26.7 Å². The van der Waals surface area contributed by atoms with Gasteiger partial charge < -0.3 is 15.0 Å². The molecule has 0 aliphatic carbocycles. The number of carbonyl (C=O) groups is 1. The zero-order valence-corrected chi connectivity index (χ0v) is 12.3. The van der Waals surface area contributed by atoms with Crippen LogP contribution in [0.25, 0.3) is 10.9 Å². The molecule has 20 heavy (non-hydrogen) atoms. The Labute approximate surface area is 119 Å². The van der Waals surface area contributed by atoms with E-state index in [1.807, 2.05) is 32.2 Å². The van der Waals surface area contributed by atoms with Crippen molar-refractivity contribution in [3.63, 3.8) is 0 Å². The highest BCUT2D eigenvalue weighted by Crippen LogP contribution is 2.23. The van der Waals surface area contributed by atoms with Crippen LogP contribution in [0.3, 0.4) is 0 Å². The second kappa shape index (κ2) is 6.46. The third kappa shape index (κ3) is 3.53. The van der Waals surface area contributed by atoms with Crippen LogP contribution in [0.1, 0.15) is 25.8 Å². The van der Waals surface area contributed by atoms with Gasteiger partial charge in [-0.25, -0.2) is 0 Å².